The van der Waals surface area contributed by atoms with Gasteiger partial charge in [0.05, 0.1) is 20.6 Å². The fourth-order valence-corrected chi connectivity index (χ4v) is 2.04. The molecule has 1 nitrogen and oxygen atoms in total. The molecule has 1 rings (SSSR count). The van der Waals surface area contributed by atoms with E-state index in [2.05, 4.69) is 36.7 Å². The highest BCUT2D eigenvalue weighted by molar-refractivity contribution is 14.1. The number of rotatable bonds is 0. The summed E-state index contributed by atoms with van der Waals surface area (Å²) < 4.78 is 2.08. The van der Waals surface area contributed by atoms with Crippen LogP contribution in [-0.4, -0.2) is 29.2 Å². The van der Waals surface area contributed by atoms with Crippen LogP contribution in [0.1, 0.15) is 19.3 Å². The SMILES string of the molecule is C[N+]1(C)CCCC[C@H]1I. The molecular weight excluding hydrogens is 225 g/mol. The van der Waals surface area contributed by atoms with Gasteiger partial charge in [0.1, 0.15) is 4.05 Å². The minimum atomic E-state index is 0.858. The molecule has 0 bridgehead atoms. The van der Waals surface area contributed by atoms with E-state index in [-0.39, 0.29) is 0 Å². The molecule has 0 radical (unpaired) electrons. The number of alkyl halides is 1. The van der Waals surface area contributed by atoms with Crippen molar-refractivity contribution in [2.75, 3.05) is 20.6 Å². The van der Waals surface area contributed by atoms with Crippen LogP contribution in [0.15, 0.2) is 0 Å². The molecule has 0 aromatic carbocycles. The molecule has 0 spiro atoms. The minimum Gasteiger partial charge on any atom is -0.318 e. The van der Waals surface area contributed by atoms with Crippen LogP contribution in [0.3, 0.4) is 0 Å². The van der Waals surface area contributed by atoms with Gasteiger partial charge in [-0.25, -0.2) is 0 Å². The molecule has 1 heterocycles. The fraction of sp³-hybridized carbons (Fsp3) is 1.00. The van der Waals surface area contributed by atoms with Gasteiger partial charge in [0.2, 0.25) is 0 Å². The normalized spacial score (nSPS) is 34.3. The number of likely N-dealkylation sites (tertiary alicyclic amines) is 1. The summed E-state index contributed by atoms with van der Waals surface area (Å²) in [4.78, 5) is 0. The Balaban J connectivity index is 2.49. The molecule has 1 aliphatic rings. The van der Waals surface area contributed by atoms with E-state index in [1.54, 1.807) is 0 Å². The number of hydrogen-bond acceptors (Lipinski definition) is 0. The third kappa shape index (κ3) is 1.80. The molecule has 54 valence electrons. The van der Waals surface area contributed by atoms with Crippen molar-refractivity contribution in [1.82, 2.24) is 0 Å². The summed E-state index contributed by atoms with van der Waals surface area (Å²) in [5.41, 5.74) is 0. The second-order valence-electron chi connectivity index (χ2n) is 3.43. The van der Waals surface area contributed by atoms with Crippen molar-refractivity contribution >= 4 is 22.6 Å². The first-order valence-corrected chi connectivity index (χ1v) is 4.84. The van der Waals surface area contributed by atoms with Gasteiger partial charge in [0.25, 0.3) is 0 Å². The van der Waals surface area contributed by atoms with E-state index in [1.165, 1.54) is 30.3 Å². The molecule has 1 fully saturated rings. The molecule has 0 aromatic heterocycles. The lowest BCUT2D eigenvalue weighted by atomic mass is 10.1. The average Bonchev–Trinajstić information content (AvgIpc) is 1.77. The maximum absolute atomic E-state index is 2.57. The van der Waals surface area contributed by atoms with Gasteiger partial charge >= 0.3 is 0 Å². The van der Waals surface area contributed by atoms with Crippen LogP contribution in [0, 0.1) is 0 Å². The Bertz CT molecular complexity index is 101. The lowest BCUT2D eigenvalue weighted by Crippen LogP contribution is -2.48. The van der Waals surface area contributed by atoms with Gasteiger partial charge in [-0.05, 0) is 35.4 Å². The molecule has 1 atom stereocenters. The van der Waals surface area contributed by atoms with Gasteiger partial charge in [-0.1, -0.05) is 0 Å². The van der Waals surface area contributed by atoms with E-state index in [4.69, 9.17) is 0 Å². The first-order chi connectivity index (χ1) is 4.13. The summed E-state index contributed by atoms with van der Waals surface area (Å²) in [7, 11) is 4.66. The Morgan fingerprint density at radius 1 is 1.33 bits per heavy atom. The highest BCUT2D eigenvalue weighted by Gasteiger charge is 2.28. The Kier molecular flexibility index (Phi) is 2.37. The highest BCUT2D eigenvalue weighted by Crippen LogP contribution is 2.25. The third-order valence-corrected chi connectivity index (χ3v) is 4.32. The number of nitrogens with zero attached hydrogens (tertiary/aromatic N) is 1. The zero-order valence-corrected chi connectivity index (χ0v) is 8.39. The van der Waals surface area contributed by atoms with Crippen LogP contribution in [0.2, 0.25) is 0 Å². The largest absolute Gasteiger partial charge is 0.318 e. The second kappa shape index (κ2) is 2.74. The lowest BCUT2D eigenvalue weighted by molar-refractivity contribution is -0.901. The predicted octanol–water partition coefficient (Wildman–Crippen LogP) is 2.01. The standard InChI is InChI=1S/C7H15IN/c1-9(2)6-4-3-5-7(9)8/h7H,3-6H2,1-2H3/q+1/t7-/m0/s1. The first kappa shape index (κ1) is 7.79. The van der Waals surface area contributed by atoms with Crippen molar-refractivity contribution in [2.24, 2.45) is 0 Å². The Morgan fingerprint density at radius 2 is 2.00 bits per heavy atom. The summed E-state index contributed by atoms with van der Waals surface area (Å²) in [5.74, 6) is 0. The van der Waals surface area contributed by atoms with Crippen molar-refractivity contribution in [3.05, 3.63) is 0 Å². The molecule has 0 N–H and O–H groups in total. The van der Waals surface area contributed by atoms with Gasteiger partial charge < -0.3 is 4.48 Å². The topological polar surface area (TPSA) is 0 Å². The van der Waals surface area contributed by atoms with Crippen LogP contribution < -0.4 is 0 Å². The van der Waals surface area contributed by atoms with Crippen LogP contribution >= 0.6 is 22.6 Å². The highest BCUT2D eigenvalue weighted by atomic mass is 127. The Hall–Kier alpha value is 0.690. The minimum absolute atomic E-state index is 0.858. The van der Waals surface area contributed by atoms with E-state index in [0.717, 1.165) is 4.05 Å². The van der Waals surface area contributed by atoms with Crippen molar-refractivity contribution in [2.45, 2.75) is 23.3 Å². The maximum Gasteiger partial charge on any atom is 0.139 e. The van der Waals surface area contributed by atoms with Gasteiger partial charge in [-0.15, -0.1) is 0 Å². The molecule has 0 saturated carbocycles. The summed E-state index contributed by atoms with van der Waals surface area (Å²) in [6, 6.07) is 0. The fourth-order valence-electron chi connectivity index (χ4n) is 1.32. The predicted molar refractivity (Wildman–Crippen MR) is 48.6 cm³/mol. The second-order valence-corrected chi connectivity index (χ2v) is 4.87. The molecule has 0 unspecified atom stereocenters. The van der Waals surface area contributed by atoms with Gasteiger partial charge in [0, 0.05) is 6.42 Å². The van der Waals surface area contributed by atoms with Crippen LogP contribution in [0.5, 0.6) is 0 Å². The van der Waals surface area contributed by atoms with Gasteiger partial charge in [-0.2, -0.15) is 0 Å². The van der Waals surface area contributed by atoms with Crippen molar-refractivity contribution in [3.63, 3.8) is 0 Å². The first-order valence-electron chi connectivity index (χ1n) is 3.60. The Labute approximate surface area is 71.2 Å². The molecular formula is C7H15IN+. The molecule has 0 aromatic rings. The van der Waals surface area contributed by atoms with Gasteiger partial charge in [-0.3, -0.25) is 0 Å². The molecule has 0 amide bonds. The monoisotopic (exact) mass is 240 g/mol. The number of hydrogen-bond donors (Lipinski definition) is 0. The summed E-state index contributed by atoms with van der Waals surface area (Å²) in [6.07, 6.45) is 4.27. The molecule has 9 heavy (non-hydrogen) atoms. The van der Waals surface area contributed by atoms with E-state index in [9.17, 15) is 0 Å². The third-order valence-electron chi connectivity index (χ3n) is 2.19. The number of halogens is 1. The van der Waals surface area contributed by atoms with E-state index in [0.29, 0.717) is 0 Å². The van der Waals surface area contributed by atoms with E-state index >= 15 is 0 Å². The van der Waals surface area contributed by atoms with E-state index < -0.39 is 0 Å². The zero-order valence-electron chi connectivity index (χ0n) is 6.23. The van der Waals surface area contributed by atoms with Crippen LogP contribution in [-0.2, 0) is 0 Å². The zero-order chi connectivity index (χ0) is 6.91. The Morgan fingerprint density at radius 3 is 2.33 bits per heavy atom. The number of piperidine rings is 1. The smallest absolute Gasteiger partial charge is 0.139 e. The van der Waals surface area contributed by atoms with Crippen LogP contribution in [0.4, 0.5) is 0 Å². The maximum atomic E-state index is 2.57. The summed E-state index contributed by atoms with van der Waals surface area (Å²) >= 11 is 2.57. The molecule has 1 aliphatic heterocycles. The van der Waals surface area contributed by atoms with Crippen molar-refractivity contribution in [3.8, 4) is 0 Å². The lowest BCUT2D eigenvalue weighted by Gasteiger charge is -2.38. The quantitative estimate of drug-likeness (QED) is 0.263. The molecule has 0 aliphatic carbocycles. The van der Waals surface area contributed by atoms with E-state index in [1.807, 2.05) is 0 Å². The van der Waals surface area contributed by atoms with Gasteiger partial charge in [0.15, 0.2) is 0 Å². The molecule has 2 heteroatoms. The molecule has 1 saturated heterocycles. The van der Waals surface area contributed by atoms with Crippen LogP contribution in [0.25, 0.3) is 0 Å². The summed E-state index contributed by atoms with van der Waals surface area (Å²) in [5, 5.41) is 0. The summed E-state index contributed by atoms with van der Waals surface area (Å²) in [6.45, 7) is 1.37. The van der Waals surface area contributed by atoms with Crippen molar-refractivity contribution in [1.29, 1.82) is 0 Å². The van der Waals surface area contributed by atoms with Crippen molar-refractivity contribution < 1.29 is 4.48 Å². The average molecular weight is 240 g/mol. The number of quaternary nitrogens is 1.